The lowest BCUT2D eigenvalue weighted by molar-refractivity contribution is -0.137. The van der Waals surface area contributed by atoms with Crippen molar-refractivity contribution in [2.45, 2.75) is 6.18 Å². The number of carbonyl (C=O) groups excluding carboxylic acids is 1. The van der Waals surface area contributed by atoms with Crippen molar-refractivity contribution in [2.24, 2.45) is 0 Å². The Kier molecular flexibility index (Phi) is 5.40. The maximum Gasteiger partial charge on any atom is 0.418 e. The molecular weight excluding hydrogens is 431 g/mol. The van der Waals surface area contributed by atoms with E-state index in [1.807, 2.05) is 0 Å². The summed E-state index contributed by atoms with van der Waals surface area (Å²) in [6.45, 7) is -0.447. The normalized spacial score (nSPS) is 11.3. The minimum absolute atomic E-state index is 0.256. The Bertz CT molecular complexity index is 930. The Hall–Kier alpha value is -2.95. The number of rotatable bonds is 5. The molecule has 0 saturated carbocycles. The first-order valence-electron chi connectivity index (χ1n) is 7.46. The van der Waals surface area contributed by atoms with Crippen LogP contribution in [0, 0.1) is 0 Å². The van der Waals surface area contributed by atoms with Crippen LogP contribution in [0.4, 0.5) is 18.9 Å². The van der Waals surface area contributed by atoms with Gasteiger partial charge in [0.1, 0.15) is 12.1 Å². The van der Waals surface area contributed by atoms with Gasteiger partial charge in [-0.15, -0.1) is 5.10 Å². The van der Waals surface area contributed by atoms with Crippen LogP contribution in [0.3, 0.4) is 0 Å². The minimum Gasteiger partial charge on any atom is -0.484 e. The number of aromatic nitrogens is 4. The van der Waals surface area contributed by atoms with Crippen LogP contribution in [0.15, 0.2) is 53.3 Å². The van der Waals surface area contributed by atoms with E-state index in [1.165, 1.54) is 23.1 Å². The molecule has 0 atom stereocenters. The van der Waals surface area contributed by atoms with Crippen molar-refractivity contribution in [2.75, 3.05) is 11.9 Å². The lowest BCUT2D eigenvalue weighted by Crippen LogP contribution is -2.22. The number of hydrogen-bond donors (Lipinski definition) is 1. The number of amides is 1. The summed E-state index contributed by atoms with van der Waals surface area (Å²) in [7, 11) is 0. The number of tetrazole rings is 1. The molecule has 1 N–H and O–H groups in total. The van der Waals surface area contributed by atoms with Crippen LogP contribution < -0.4 is 10.1 Å². The number of nitrogens with one attached hydrogen (secondary N) is 1. The smallest absolute Gasteiger partial charge is 0.418 e. The maximum absolute atomic E-state index is 13.1. The molecule has 0 aliphatic heterocycles. The van der Waals surface area contributed by atoms with Gasteiger partial charge in [0.15, 0.2) is 6.61 Å². The molecule has 7 nitrogen and oxygen atoms in total. The summed E-state index contributed by atoms with van der Waals surface area (Å²) in [6.07, 6.45) is -3.18. The van der Waals surface area contributed by atoms with E-state index in [9.17, 15) is 18.0 Å². The zero-order chi connectivity index (χ0) is 19.4. The predicted octanol–water partition coefficient (Wildman–Crippen LogP) is 3.46. The second kappa shape index (κ2) is 7.74. The molecule has 0 aliphatic carbocycles. The number of halogens is 4. The van der Waals surface area contributed by atoms with Gasteiger partial charge in [-0.1, -0.05) is 15.9 Å². The fourth-order valence-corrected chi connectivity index (χ4v) is 2.53. The van der Waals surface area contributed by atoms with Crippen LogP contribution >= 0.6 is 15.9 Å². The number of alkyl halides is 3. The van der Waals surface area contributed by atoms with Crippen LogP contribution in [-0.4, -0.2) is 32.7 Å². The molecule has 140 valence electrons. The van der Waals surface area contributed by atoms with Gasteiger partial charge in [0.2, 0.25) is 0 Å². The van der Waals surface area contributed by atoms with Gasteiger partial charge in [0.05, 0.1) is 16.9 Å². The summed E-state index contributed by atoms with van der Waals surface area (Å²) in [6, 6.07) is 9.99. The summed E-state index contributed by atoms with van der Waals surface area (Å²) in [5.74, 6) is -0.346. The number of hydrogen-bond acceptors (Lipinski definition) is 5. The van der Waals surface area contributed by atoms with Crippen molar-refractivity contribution in [3.63, 3.8) is 0 Å². The highest BCUT2D eigenvalue weighted by atomic mass is 79.9. The fourth-order valence-electron chi connectivity index (χ4n) is 2.17. The third-order valence-electron chi connectivity index (χ3n) is 3.38. The van der Waals surface area contributed by atoms with E-state index < -0.39 is 24.3 Å². The fraction of sp³-hybridized carbons (Fsp3) is 0.125. The van der Waals surface area contributed by atoms with Crippen LogP contribution in [0.1, 0.15) is 5.56 Å². The van der Waals surface area contributed by atoms with Crippen molar-refractivity contribution >= 4 is 27.5 Å². The highest BCUT2D eigenvalue weighted by Crippen LogP contribution is 2.36. The van der Waals surface area contributed by atoms with Gasteiger partial charge in [0, 0.05) is 4.47 Å². The topological polar surface area (TPSA) is 81.9 Å². The molecule has 0 spiro atoms. The first-order valence-corrected chi connectivity index (χ1v) is 8.25. The average molecular weight is 442 g/mol. The summed E-state index contributed by atoms with van der Waals surface area (Å²) in [4.78, 5) is 12.0. The number of anilines is 1. The van der Waals surface area contributed by atoms with Gasteiger partial charge in [-0.25, -0.2) is 4.68 Å². The van der Waals surface area contributed by atoms with Gasteiger partial charge >= 0.3 is 6.18 Å². The highest BCUT2D eigenvalue weighted by Gasteiger charge is 2.34. The summed E-state index contributed by atoms with van der Waals surface area (Å²) in [5.41, 5.74) is -0.606. The van der Waals surface area contributed by atoms with Crippen LogP contribution in [0.2, 0.25) is 0 Å². The van der Waals surface area contributed by atoms with Crippen LogP contribution in [-0.2, 0) is 11.0 Å². The van der Waals surface area contributed by atoms with Gasteiger partial charge in [-0.05, 0) is 52.9 Å². The van der Waals surface area contributed by atoms with E-state index in [0.717, 1.165) is 6.07 Å². The molecule has 0 bridgehead atoms. The quantitative estimate of drug-likeness (QED) is 0.655. The Balaban J connectivity index is 1.62. The van der Waals surface area contributed by atoms with Gasteiger partial charge in [-0.3, -0.25) is 4.79 Å². The molecule has 3 rings (SSSR count). The second-order valence-electron chi connectivity index (χ2n) is 5.27. The van der Waals surface area contributed by atoms with E-state index in [0.29, 0.717) is 11.4 Å². The summed E-state index contributed by atoms with van der Waals surface area (Å²) in [5, 5.41) is 13.0. The van der Waals surface area contributed by atoms with E-state index in [4.69, 9.17) is 4.74 Å². The van der Waals surface area contributed by atoms with E-state index in [1.54, 1.807) is 24.3 Å². The van der Waals surface area contributed by atoms with E-state index in [-0.39, 0.29) is 10.2 Å². The summed E-state index contributed by atoms with van der Waals surface area (Å²) < 4.78 is 46.2. The molecule has 1 amide bonds. The Morgan fingerprint density at radius 2 is 1.93 bits per heavy atom. The molecule has 0 fully saturated rings. The van der Waals surface area contributed by atoms with E-state index >= 15 is 0 Å². The minimum atomic E-state index is -4.60. The SMILES string of the molecule is O=C(COc1ccc(-n2cnnn2)cc1)Nc1ccc(Br)cc1C(F)(F)F. The third-order valence-corrected chi connectivity index (χ3v) is 3.87. The number of ether oxygens (including phenoxy) is 1. The molecule has 0 aliphatic rings. The molecule has 0 saturated heterocycles. The van der Waals surface area contributed by atoms with Crippen LogP contribution in [0.5, 0.6) is 5.75 Å². The maximum atomic E-state index is 13.1. The van der Waals surface area contributed by atoms with Crippen molar-refractivity contribution < 1.29 is 22.7 Å². The van der Waals surface area contributed by atoms with Crippen LogP contribution in [0.25, 0.3) is 5.69 Å². The second-order valence-corrected chi connectivity index (χ2v) is 6.19. The number of nitrogens with zero attached hydrogens (tertiary/aromatic N) is 4. The molecule has 0 unspecified atom stereocenters. The van der Waals surface area contributed by atoms with Gasteiger partial charge < -0.3 is 10.1 Å². The molecule has 11 heteroatoms. The Morgan fingerprint density at radius 1 is 1.19 bits per heavy atom. The largest absolute Gasteiger partial charge is 0.484 e. The zero-order valence-electron chi connectivity index (χ0n) is 13.4. The van der Waals surface area contributed by atoms with E-state index in [2.05, 4.69) is 36.8 Å². The predicted molar refractivity (Wildman–Crippen MR) is 92.4 cm³/mol. The van der Waals surface area contributed by atoms with Crippen molar-refractivity contribution in [3.8, 4) is 11.4 Å². The van der Waals surface area contributed by atoms with Gasteiger partial charge in [-0.2, -0.15) is 13.2 Å². The monoisotopic (exact) mass is 441 g/mol. The van der Waals surface area contributed by atoms with Crippen molar-refractivity contribution in [3.05, 3.63) is 58.8 Å². The Morgan fingerprint density at radius 3 is 2.56 bits per heavy atom. The lowest BCUT2D eigenvalue weighted by atomic mass is 10.1. The number of benzene rings is 2. The summed E-state index contributed by atoms with van der Waals surface area (Å²) >= 11 is 2.98. The molecule has 3 aromatic rings. The molecule has 0 radical (unpaired) electrons. The van der Waals surface area contributed by atoms with Crippen molar-refractivity contribution in [1.82, 2.24) is 20.2 Å². The molecule has 2 aromatic carbocycles. The zero-order valence-corrected chi connectivity index (χ0v) is 15.0. The lowest BCUT2D eigenvalue weighted by Gasteiger charge is -2.14. The first-order chi connectivity index (χ1) is 12.8. The highest BCUT2D eigenvalue weighted by molar-refractivity contribution is 9.10. The number of carbonyl (C=O) groups is 1. The third kappa shape index (κ3) is 4.82. The van der Waals surface area contributed by atoms with Gasteiger partial charge in [0.25, 0.3) is 5.91 Å². The molecular formula is C16H11BrF3N5O2. The first kappa shape index (κ1) is 18.8. The average Bonchev–Trinajstić information content (AvgIpc) is 3.16. The standard InChI is InChI=1S/C16H11BrF3N5O2/c17-10-1-6-14(13(7-10)16(18,19)20)22-15(26)8-27-12-4-2-11(3-5-12)25-9-21-23-24-25/h1-7,9H,8H2,(H,22,26). The molecule has 27 heavy (non-hydrogen) atoms. The molecule has 1 heterocycles. The van der Waals surface area contributed by atoms with Crippen molar-refractivity contribution in [1.29, 1.82) is 0 Å². The Labute approximate surface area is 159 Å². The molecule has 1 aromatic heterocycles.